The van der Waals surface area contributed by atoms with Crippen LogP contribution in [0.15, 0.2) is 129 Å². The molecule has 0 saturated heterocycles. The summed E-state index contributed by atoms with van der Waals surface area (Å²) in [5.41, 5.74) is -0.760. The fourth-order valence-corrected chi connectivity index (χ4v) is 8.94. The molecule has 0 bridgehead atoms. The molecular weight excluding hydrogens is 775 g/mol. The third kappa shape index (κ3) is 9.09. The van der Waals surface area contributed by atoms with E-state index in [2.05, 4.69) is 19.4 Å². The van der Waals surface area contributed by atoms with E-state index in [0.29, 0.717) is 10.8 Å². The monoisotopic (exact) mass is 796 g/mol. The van der Waals surface area contributed by atoms with Gasteiger partial charge in [0.05, 0.1) is 32.2 Å². The molecule has 0 aliphatic carbocycles. The molecule has 20 heteroatoms. The normalized spacial score (nSPS) is 12.3. The minimum Gasteiger partial charge on any atom is -0.744 e. The van der Waals surface area contributed by atoms with Crippen molar-refractivity contribution in [3.05, 3.63) is 121 Å². The van der Waals surface area contributed by atoms with Gasteiger partial charge in [0, 0.05) is 23.2 Å². The van der Waals surface area contributed by atoms with Gasteiger partial charge in [-0.1, -0.05) is 60.7 Å². The van der Waals surface area contributed by atoms with Crippen LogP contribution in [-0.2, 0) is 40.3 Å². The number of fused-ring (bicyclic) bond motifs is 2. The van der Waals surface area contributed by atoms with Gasteiger partial charge in [0.2, 0.25) is 0 Å². The SMILES string of the molecule is O=S(=O)([O-])c1cc(NS(=O)(=O)c2cccc3cccnc23)ccc1/C=C/c1ccc(NS(=O)(=O)c2cccc3cccnc23)cc1S(=O)(=O)[O-].[Na+].[Na+]. The van der Waals surface area contributed by atoms with Crippen LogP contribution in [0.3, 0.4) is 0 Å². The number of nitrogens with one attached hydrogen (secondary N) is 2. The molecule has 256 valence electrons. The van der Waals surface area contributed by atoms with E-state index in [-0.39, 0.29) is 102 Å². The Hall–Kier alpha value is -3.24. The Morgan fingerprint density at radius 1 is 0.481 bits per heavy atom. The first-order chi connectivity index (χ1) is 23.5. The summed E-state index contributed by atoms with van der Waals surface area (Å²) in [6.07, 6.45) is 4.88. The Kier molecular flexibility index (Phi) is 12.8. The summed E-state index contributed by atoms with van der Waals surface area (Å²) in [7, 11) is -19.1. The Morgan fingerprint density at radius 2 is 0.846 bits per heavy atom. The molecule has 0 amide bonds. The van der Waals surface area contributed by atoms with Gasteiger partial charge in [-0.25, -0.2) is 33.7 Å². The van der Waals surface area contributed by atoms with Crippen molar-refractivity contribution < 1.29 is 102 Å². The minimum absolute atomic E-state index is 0. The third-order valence-electron chi connectivity index (χ3n) is 7.28. The molecule has 0 saturated carbocycles. The van der Waals surface area contributed by atoms with E-state index in [1.807, 2.05) is 0 Å². The predicted octanol–water partition coefficient (Wildman–Crippen LogP) is -1.63. The maximum absolute atomic E-state index is 13.2. The van der Waals surface area contributed by atoms with Crippen LogP contribution >= 0.6 is 0 Å². The first kappa shape index (κ1) is 41.5. The predicted molar refractivity (Wildman–Crippen MR) is 183 cm³/mol. The third-order valence-corrected chi connectivity index (χ3v) is 11.9. The number of para-hydroxylation sites is 2. The molecule has 52 heavy (non-hydrogen) atoms. The molecule has 2 N–H and O–H groups in total. The fourth-order valence-electron chi connectivity index (χ4n) is 5.09. The van der Waals surface area contributed by atoms with E-state index in [1.165, 1.54) is 48.8 Å². The maximum atomic E-state index is 13.2. The summed E-state index contributed by atoms with van der Waals surface area (Å²) >= 11 is 0. The average molecular weight is 797 g/mol. The van der Waals surface area contributed by atoms with Gasteiger partial charge in [-0.15, -0.1) is 0 Å². The van der Waals surface area contributed by atoms with E-state index < -0.39 is 50.1 Å². The van der Waals surface area contributed by atoms with Crippen LogP contribution in [0.1, 0.15) is 11.1 Å². The summed E-state index contributed by atoms with van der Waals surface area (Å²) in [6.45, 7) is 0. The Morgan fingerprint density at radius 3 is 1.21 bits per heavy atom. The van der Waals surface area contributed by atoms with Crippen LogP contribution in [0, 0.1) is 0 Å². The number of pyridine rings is 2. The van der Waals surface area contributed by atoms with Gasteiger partial charge in [-0.05, 0) is 59.7 Å². The van der Waals surface area contributed by atoms with Crippen molar-refractivity contribution in [1.82, 2.24) is 9.97 Å². The molecule has 0 radical (unpaired) electrons. The molecule has 6 aromatic rings. The van der Waals surface area contributed by atoms with Crippen molar-refractivity contribution in [2.45, 2.75) is 19.6 Å². The smallest absolute Gasteiger partial charge is 0.744 e. The molecule has 0 atom stereocenters. The zero-order valence-electron chi connectivity index (χ0n) is 27.2. The molecule has 0 fully saturated rings. The van der Waals surface area contributed by atoms with Gasteiger partial charge in [0.1, 0.15) is 30.0 Å². The van der Waals surface area contributed by atoms with Crippen molar-refractivity contribution in [2.75, 3.05) is 9.44 Å². The molecule has 4 aromatic carbocycles. The van der Waals surface area contributed by atoms with Crippen LogP contribution in [0.5, 0.6) is 0 Å². The number of sulfonamides is 2. The van der Waals surface area contributed by atoms with E-state index >= 15 is 0 Å². The Bertz CT molecular complexity index is 2620. The molecule has 0 aliphatic heterocycles. The van der Waals surface area contributed by atoms with Crippen molar-refractivity contribution in [3.8, 4) is 0 Å². The summed E-state index contributed by atoms with van der Waals surface area (Å²) in [5, 5.41) is 1.07. The van der Waals surface area contributed by atoms with Crippen molar-refractivity contribution in [3.63, 3.8) is 0 Å². The number of rotatable bonds is 10. The van der Waals surface area contributed by atoms with Crippen molar-refractivity contribution in [2.24, 2.45) is 0 Å². The van der Waals surface area contributed by atoms with Gasteiger partial charge >= 0.3 is 59.1 Å². The van der Waals surface area contributed by atoms with E-state index in [9.17, 15) is 42.8 Å². The molecule has 2 aromatic heterocycles. The van der Waals surface area contributed by atoms with E-state index in [1.54, 1.807) is 36.4 Å². The first-order valence-electron chi connectivity index (χ1n) is 14.1. The van der Waals surface area contributed by atoms with E-state index in [0.717, 1.165) is 36.4 Å². The number of nitrogens with zero attached hydrogens (tertiary/aromatic N) is 2. The average Bonchev–Trinajstić information content (AvgIpc) is 3.06. The summed E-state index contributed by atoms with van der Waals surface area (Å²) in [6, 6.07) is 21.6. The topological polar surface area (TPSA) is 233 Å². The number of benzene rings is 4. The fraction of sp³-hybridized carbons (Fsp3) is 0. The van der Waals surface area contributed by atoms with Crippen molar-refractivity contribution >= 4 is 85.6 Å². The zero-order valence-corrected chi connectivity index (χ0v) is 34.4. The maximum Gasteiger partial charge on any atom is 1.00 e. The van der Waals surface area contributed by atoms with Crippen LogP contribution in [0.4, 0.5) is 11.4 Å². The van der Waals surface area contributed by atoms with E-state index in [4.69, 9.17) is 0 Å². The number of hydrogen-bond acceptors (Lipinski definition) is 12. The van der Waals surface area contributed by atoms with Gasteiger partial charge in [-0.2, -0.15) is 0 Å². The molecule has 2 heterocycles. The Labute approximate surface area is 343 Å². The molecule has 6 rings (SSSR count). The Balaban J connectivity index is 0.00000302. The van der Waals surface area contributed by atoms with Gasteiger partial charge in [-0.3, -0.25) is 19.4 Å². The van der Waals surface area contributed by atoms with Gasteiger partial charge < -0.3 is 9.11 Å². The zero-order chi connectivity index (χ0) is 35.9. The van der Waals surface area contributed by atoms with Gasteiger partial charge in [0.15, 0.2) is 0 Å². The summed E-state index contributed by atoms with van der Waals surface area (Å²) in [4.78, 5) is 6.11. The number of hydrogen-bond donors (Lipinski definition) is 2. The molecule has 0 spiro atoms. The second kappa shape index (κ2) is 16.0. The minimum atomic E-state index is -5.23. The second-order valence-electron chi connectivity index (χ2n) is 10.6. The number of anilines is 2. The van der Waals surface area contributed by atoms with Crippen LogP contribution in [-0.4, -0.2) is 52.7 Å². The first-order valence-corrected chi connectivity index (χ1v) is 19.9. The van der Waals surface area contributed by atoms with Crippen LogP contribution in [0.25, 0.3) is 34.0 Å². The van der Waals surface area contributed by atoms with Crippen LogP contribution in [0.2, 0.25) is 0 Å². The summed E-state index contributed by atoms with van der Waals surface area (Å²) < 4.78 is 131. The largest absolute Gasteiger partial charge is 1.00 e. The number of aromatic nitrogens is 2. The molecule has 0 unspecified atom stereocenters. The standard InChI is InChI=1S/C32H24N4O10S4.2Na/c37-47(38,27-9-1-5-23-7-3-17-33-31(23)27)35-25-15-13-21(29(19-25)49(41,42)43)11-12-22-14-16-26(20-30(22)50(44,45)46)36-48(39,40)28-10-2-6-24-8-4-18-34-32(24)28;;/h1-20,35-36H,(H,41,42,43)(H,44,45,46);;/q;2*+1/p-2/b12-11+;;. The second-order valence-corrected chi connectivity index (χ2v) is 16.6. The van der Waals surface area contributed by atoms with Crippen LogP contribution < -0.4 is 68.6 Å². The van der Waals surface area contributed by atoms with Gasteiger partial charge in [0.25, 0.3) is 20.0 Å². The molecule has 14 nitrogen and oxygen atoms in total. The molecular formula is C32H22N4Na2O10S4. The molecule has 0 aliphatic rings. The summed E-state index contributed by atoms with van der Waals surface area (Å²) in [5.74, 6) is 0. The quantitative estimate of drug-likeness (QED) is 0.0905. The van der Waals surface area contributed by atoms with Crippen molar-refractivity contribution in [1.29, 1.82) is 0 Å².